The van der Waals surface area contributed by atoms with Crippen LogP contribution in [0, 0.1) is 0 Å². The van der Waals surface area contributed by atoms with E-state index in [4.69, 9.17) is 16.3 Å². The number of nitrogens with zero attached hydrogens (tertiary/aromatic N) is 1. The maximum absolute atomic E-state index is 12.1. The van der Waals surface area contributed by atoms with E-state index in [1.54, 1.807) is 6.07 Å². The van der Waals surface area contributed by atoms with Crippen molar-refractivity contribution in [1.82, 2.24) is 15.6 Å². The summed E-state index contributed by atoms with van der Waals surface area (Å²) < 4.78 is 5.93. The summed E-state index contributed by atoms with van der Waals surface area (Å²) in [6, 6.07) is 1.46. The molecule has 3 N–H and O–H groups in total. The van der Waals surface area contributed by atoms with E-state index in [1.807, 2.05) is 20.8 Å². The third kappa shape index (κ3) is 6.99. The number of rotatable bonds is 3. The Morgan fingerprint density at radius 2 is 1.77 bits per heavy atom. The van der Waals surface area contributed by atoms with Gasteiger partial charge in [-0.15, -0.1) is 0 Å². The highest BCUT2D eigenvalue weighted by atomic mass is 79.9. The van der Waals surface area contributed by atoms with E-state index in [0.29, 0.717) is 15.3 Å². The van der Waals surface area contributed by atoms with Crippen LogP contribution >= 0.6 is 27.5 Å². The normalized spacial score (nSPS) is 20.2. The summed E-state index contributed by atoms with van der Waals surface area (Å²) in [7, 11) is 0. The van der Waals surface area contributed by atoms with Crippen molar-refractivity contribution >= 4 is 45.5 Å². The molecule has 0 saturated heterocycles. The summed E-state index contributed by atoms with van der Waals surface area (Å²) in [6.07, 6.45) is 4.21. The summed E-state index contributed by atoms with van der Waals surface area (Å²) >= 11 is 9.17. The molecule has 1 aromatic rings. The van der Waals surface area contributed by atoms with E-state index in [9.17, 15) is 9.59 Å². The molecule has 9 heteroatoms. The lowest BCUT2D eigenvalue weighted by Crippen LogP contribution is -2.46. The van der Waals surface area contributed by atoms with Crippen LogP contribution in [0.4, 0.5) is 15.4 Å². The number of carbonyl (C=O) groups excluding carboxylic acids is 2. The van der Waals surface area contributed by atoms with Crippen LogP contribution in [-0.2, 0) is 4.74 Å². The SMILES string of the molecule is CC(C)(C)OC(=O)N[C@H]1CC[C@H](NC(=O)Nc2cc(Br)c(Cl)cn2)CC1. The van der Waals surface area contributed by atoms with Crippen molar-refractivity contribution in [3.05, 3.63) is 21.8 Å². The maximum Gasteiger partial charge on any atom is 0.407 e. The number of anilines is 1. The van der Waals surface area contributed by atoms with Crippen LogP contribution in [0.5, 0.6) is 0 Å². The summed E-state index contributed by atoms with van der Waals surface area (Å²) in [5.74, 6) is 0.416. The minimum Gasteiger partial charge on any atom is -0.444 e. The van der Waals surface area contributed by atoms with Gasteiger partial charge in [0.25, 0.3) is 0 Å². The van der Waals surface area contributed by atoms with Gasteiger partial charge in [-0.25, -0.2) is 14.6 Å². The molecule has 144 valence electrons. The monoisotopic (exact) mass is 446 g/mol. The topological polar surface area (TPSA) is 92.4 Å². The Morgan fingerprint density at radius 3 is 2.31 bits per heavy atom. The Balaban J connectivity index is 1.73. The molecule has 0 aliphatic heterocycles. The van der Waals surface area contributed by atoms with Crippen LogP contribution in [0.15, 0.2) is 16.7 Å². The molecule has 0 spiro atoms. The van der Waals surface area contributed by atoms with Gasteiger partial charge in [0, 0.05) is 22.8 Å². The molecule has 0 atom stereocenters. The zero-order chi connectivity index (χ0) is 19.3. The van der Waals surface area contributed by atoms with Gasteiger partial charge in [0.05, 0.1) is 5.02 Å². The molecule has 1 fully saturated rings. The van der Waals surface area contributed by atoms with Gasteiger partial charge in [0.2, 0.25) is 0 Å². The average Bonchev–Trinajstić information content (AvgIpc) is 2.51. The number of hydrogen-bond acceptors (Lipinski definition) is 4. The predicted octanol–water partition coefficient (Wildman–Crippen LogP) is 4.45. The van der Waals surface area contributed by atoms with Crippen LogP contribution < -0.4 is 16.0 Å². The van der Waals surface area contributed by atoms with E-state index in [2.05, 4.69) is 36.9 Å². The molecule has 1 aliphatic carbocycles. The van der Waals surface area contributed by atoms with Crippen molar-refractivity contribution in [1.29, 1.82) is 0 Å². The lowest BCUT2D eigenvalue weighted by molar-refractivity contribution is 0.0490. The van der Waals surface area contributed by atoms with Crippen molar-refractivity contribution < 1.29 is 14.3 Å². The Labute approximate surface area is 166 Å². The highest BCUT2D eigenvalue weighted by molar-refractivity contribution is 9.10. The molecular weight excluding hydrogens is 424 g/mol. The lowest BCUT2D eigenvalue weighted by atomic mass is 9.91. The number of aromatic nitrogens is 1. The molecule has 1 aliphatic rings. The van der Waals surface area contributed by atoms with E-state index in [1.165, 1.54) is 6.20 Å². The summed E-state index contributed by atoms with van der Waals surface area (Å²) in [6.45, 7) is 5.50. The Kier molecular flexibility index (Phi) is 7.11. The van der Waals surface area contributed by atoms with Gasteiger partial charge >= 0.3 is 12.1 Å². The first-order valence-electron chi connectivity index (χ1n) is 8.50. The summed E-state index contributed by atoms with van der Waals surface area (Å²) in [5.41, 5.74) is -0.508. The van der Waals surface area contributed by atoms with Crippen LogP contribution in [-0.4, -0.2) is 34.8 Å². The average molecular weight is 448 g/mol. The molecule has 26 heavy (non-hydrogen) atoms. The van der Waals surface area contributed by atoms with Crippen LogP contribution in [0.3, 0.4) is 0 Å². The zero-order valence-electron chi connectivity index (χ0n) is 15.1. The van der Waals surface area contributed by atoms with Crippen molar-refractivity contribution in [2.75, 3.05) is 5.32 Å². The second kappa shape index (κ2) is 8.90. The lowest BCUT2D eigenvalue weighted by Gasteiger charge is -2.30. The van der Waals surface area contributed by atoms with E-state index < -0.39 is 11.7 Å². The summed E-state index contributed by atoms with van der Waals surface area (Å²) in [5, 5.41) is 8.98. The quantitative estimate of drug-likeness (QED) is 0.638. The van der Waals surface area contributed by atoms with Gasteiger partial charge in [-0.3, -0.25) is 5.32 Å². The van der Waals surface area contributed by atoms with Crippen LogP contribution in [0.1, 0.15) is 46.5 Å². The first-order chi connectivity index (χ1) is 12.1. The number of urea groups is 1. The summed E-state index contributed by atoms with van der Waals surface area (Å²) in [4.78, 5) is 28.0. The largest absolute Gasteiger partial charge is 0.444 e. The number of nitrogens with one attached hydrogen (secondary N) is 3. The molecule has 1 saturated carbocycles. The molecule has 0 unspecified atom stereocenters. The predicted molar refractivity (Wildman–Crippen MR) is 105 cm³/mol. The first-order valence-corrected chi connectivity index (χ1v) is 9.67. The van der Waals surface area contributed by atoms with Gasteiger partial charge in [-0.05, 0) is 68.5 Å². The highest BCUT2D eigenvalue weighted by Gasteiger charge is 2.25. The zero-order valence-corrected chi connectivity index (χ0v) is 17.4. The number of hydrogen-bond donors (Lipinski definition) is 3. The van der Waals surface area contributed by atoms with Gasteiger partial charge in [0.1, 0.15) is 11.4 Å². The first kappa shape index (κ1) is 20.8. The second-order valence-corrected chi connectivity index (χ2v) is 8.54. The molecular formula is C17H24BrClN4O3. The van der Waals surface area contributed by atoms with Gasteiger partial charge in [-0.1, -0.05) is 11.6 Å². The van der Waals surface area contributed by atoms with E-state index in [-0.39, 0.29) is 18.1 Å². The van der Waals surface area contributed by atoms with E-state index >= 15 is 0 Å². The molecule has 7 nitrogen and oxygen atoms in total. The number of alkyl carbamates (subject to hydrolysis) is 1. The molecule has 3 amide bonds. The van der Waals surface area contributed by atoms with Gasteiger partial charge in [0.15, 0.2) is 0 Å². The number of pyridine rings is 1. The molecule has 1 heterocycles. The fourth-order valence-corrected chi connectivity index (χ4v) is 3.10. The number of halogens is 2. The van der Waals surface area contributed by atoms with Crippen molar-refractivity contribution in [3.8, 4) is 0 Å². The van der Waals surface area contributed by atoms with Gasteiger partial charge < -0.3 is 15.4 Å². The Hall–Kier alpha value is -1.54. The fourth-order valence-electron chi connectivity index (χ4n) is 2.68. The Bertz CT molecular complexity index is 658. The molecule has 0 radical (unpaired) electrons. The second-order valence-electron chi connectivity index (χ2n) is 7.28. The van der Waals surface area contributed by atoms with Crippen molar-refractivity contribution in [2.24, 2.45) is 0 Å². The molecule has 0 aromatic carbocycles. The smallest absolute Gasteiger partial charge is 0.407 e. The van der Waals surface area contributed by atoms with Crippen molar-refractivity contribution in [3.63, 3.8) is 0 Å². The number of ether oxygens (including phenoxy) is 1. The highest BCUT2D eigenvalue weighted by Crippen LogP contribution is 2.23. The van der Waals surface area contributed by atoms with Crippen LogP contribution in [0.2, 0.25) is 5.02 Å². The molecule has 0 bridgehead atoms. The fraction of sp³-hybridized carbons (Fsp3) is 0.588. The standard InChI is InChI=1S/C17H24BrClN4O3/c1-17(2,3)26-16(25)22-11-6-4-10(5-7-11)21-15(24)23-14-8-12(18)13(19)9-20-14/h8-11H,4-7H2,1-3H3,(H,22,25)(H2,20,21,23,24)/t10-,11-. The minimum atomic E-state index is -0.508. The molecule has 1 aromatic heterocycles. The number of amides is 3. The van der Waals surface area contributed by atoms with Gasteiger partial charge in [-0.2, -0.15) is 0 Å². The van der Waals surface area contributed by atoms with Crippen molar-refractivity contribution in [2.45, 2.75) is 64.1 Å². The third-order valence-corrected chi connectivity index (χ3v) is 5.02. The third-order valence-electron chi connectivity index (χ3n) is 3.83. The number of carbonyl (C=O) groups is 2. The van der Waals surface area contributed by atoms with E-state index in [0.717, 1.165) is 25.7 Å². The molecule has 2 rings (SSSR count). The maximum atomic E-state index is 12.1. The Morgan fingerprint density at radius 1 is 1.19 bits per heavy atom. The van der Waals surface area contributed by atoms with Crippen LogP contribution in [0.25, 0.3) is 0 Å². The minimum absolute atomic E-state index is 0.0578.